The van der Waals surface area contributed by atoms with Crippen LogP contribution in [0.25, 0.3) is 0 Å². The number of benzene rings is 1. The zero-order valence-corrected chi connectivity index (χ0v) is 13.8. The number of hydrogen-bond donors (Lipinski definition) is 1. The SMILES string of the molecule is CCc1cc(CNC(=O)[C@H]2CCCN2Cc2ccc(F)cc2)on1. The Morgan fingerprint density at radius 3 is 2.92 bits per heavy atom. The number of nitrogens with zero attached hydrogens (tertiary/aromatic N) is 2. The van der Waals surface area contributed by atoms with Crippen molar-refractivity contribution in [1.82, 2.24) is 15.4 Å². The average Bonchev–Trinajstić information content (AvgIpc) is 3.24. The van der Waals surface area contributed by atoms with Gasteiger partial charge in [-0.05, 0) is 43.5 Å². The van der Waals surface area contributed by atoms with Gasteiger partial charge in [0, 0.05) is 12.6 Å². The smallest absolute Gasteiger partial charge is 0.237 e. The Morgan fingerprint density at radius 2 is 2.21 bits per heavy atom. The van der Waals surface area contributed by atoms with Crippen LogP contribution in [-0.2, 0) is 24.3 Å². The first kappa shape index (κ1) is 16.6. The first-order valence-electron chi connectivity index (χ1n) is 8.36. The Hall–Kier alpha value is -2.21. The molecule has 1 aliphatic rings. The number of likely N-dealkylation sites (tertiary alicyclic amines) is 1. The van der Waals surface area contributed by atoms with Crippen LogP contribution in [0.5, 0.6) is 0 Å². The van der Waals surface area contributed by atoms with Crippen molar-refractivity contribution in [2.24, 2.45) is 0 Å². The third-order valence-corrected chi connectivity index (χ3v) is 4.37. The number of carbonyl (C=O) groups excluding carboxylic acids is 1. The van der Waals surface area contributed by atoms with Crippen molar-refractivity contribution in [2.45, 2.75) is 45.3 Å². The van der Waals surface area contributed by atoms with Crippen molar-refractivity contribution >= 4 is 5.91 Å². The second-order valence-electron chi connectivity index (χ2n) is 6.11. The summed E-state index contributed by atoms with van der Waals surface area (Å²) in [6.45, 7) is 3.89. The van der Waals surface area contributed by atoms with Crippen LogP contribution in [-0.4, -0.2) is 28.6 Å². The summed E-state index contributed by atoms with van der Waals surface area (Å²) >= 11 is 0. The maximum absolute atomic E-state index is 13.0. The molecule has 1 N–H and O–H groups in total. The Balaban J connectivity index is 1.55. The largest absolute Gasteiger partial charge is 0.359 e. The molecule has 0 bridgehead atoms. The summed E-state index contributed by atoms with van der Waals surface area (Å²) in [7, 11) is 0. The van der Waals surface area contributed by atoms with Crippen molar-refractivity contribution < 1.29 is 13.7 Å². The van der Waals surface area contributed by atoms with E-state index < -0.39 is 0 Å². The van der Waals surface area contributed by atoms with Gasteiger partial charge in [-0.15, -0.1) is 0 Å². The van der Waals surface area contributed by atoms with E-state index in [1.165, 1.54) is 12.1 Å². The van der Waals surface area contributed by atoms with E-state index in [2.05, 4.69) is 15.4 Å². The van der Waals surface area contributed by atoms with E-state index in [9.17, 15) is 9.18 Å². The molecule has 128 valence electrons. The zero-order chi connectivity index (χ0) is 16.9. The first-order valence-corrected chi connectivity index (χ1v) is 8.36. The molecule has 1 aliphatic heterocycles. The van der Waals surface area contributed by atoms with Crippen LogP contribution in [0.3, 0.4) is 0 Å². The van der Waals surface area contributed by atoms with E-state index in [1.54, 1.807) is 12.1 Å². The summed E-state index contributed by atoms with van der Waals surface area (Å²) in [4.78, 5) is 14.6. The van der Waals surface area contributed by atoms with Gasteiger partial charge in [0.15, 0.2) is 5.76 Å². The molecule has 5 nitrogen and oxygen atoms in total. The topological polar surface area (TPSA) is 58.4 Å². The van der Waals surface area contributed by atoms with Crippen molar-refractivity contribution in [2.75, 3.05) is 6.54 Å². The summed E-state index contributed by atoms with van der Waals surface area (Å²) in [5.74, 6) is 0.431. The molecule has 1 atom stereocenters. The maximum atomic E-state index is 13.0. The fourth-order valence-electron chi connectivity index (χ4n) is 3.03. The van der Waals surface area contributed by atoms with Gasteiger partial charge in [-0.1, -0.05) is 24.2 Å². The second-order valence-corrected chi connectivity index (χ2v) is 6.11. The summed E-state index contributed by atoms with van der Waals surface area (Å²) in [6, 6.07) is 8.16. The highest BCUT2D eigenvalue weighted by atomic mass is 19.1. The fraction of sp³-hybridized carbons (Fsp3) is 0.444. The van der Waals surface area contributed by atoms with E-state index in [0.29, 0.717) is 18.8 Å². The van der Waals surface area contributed by atoms with Gasteiger partial charge < -0.3 is 9.84 Å². The van der Waals surface area contributed by atoms with Crippen molar-refractivity contribution in [1.29, 1.82) is 0 Å². The number of rotatable bonds is 6. The fourth-order valence-corrected chi connectivity index (χ4v) is 3.03. The molecule has 1 fully saturated rings. The van der Waals surface area contributed by atoms with Crippen LogP contribution in [0.4, 0.5) is 4.39 Å². The van der Waals surface area contributed by atoms with Gasteiger partial charge in [0.1, 0.15) is 5.82 Å². The summed E-state index contributed by atoms with van der Waals surface area (Å²) in [5.41, 5.74) is 1.90. The van der Waals surface area contributed by atoms with E-state index >= 15 is 0 Å². The van der Waals surface area contributed by atoms with E-state index in [0.717, 1.165) is 37.1 Å². The molecule has 1 aromatic carbocycles. The zero-order valence-electron chi connectivity index (χ0n) is 13.8. The van der Waals surface area contributed by atoms with Crippen molar-refractivity contribution in [3.8, 4) is 0 Å². The Morgan fingerprint density at radius 1 is 1.42 bits per heavy atom. The highest BCUT2D eigenvalue weighted by molar-refractivity contribution is 5.81. The molecule has 0 saturated carbocycles. The number of halogens is 1. The van der Waals surface area contributed by atoms with Gasteiger partial charge in [-0.25, -0.2) is 4.39 Å². The molecule has 24 heavy (non-hydrogen) atoms. The Bertz CT molecular complexity index is 684. The minimum absolute atomic E-state index is 0.00376. The van der Waals surface area contributed by atoms with Crippen LogP contribution >= 0.6 is 0 Å². The van der Waals surface area contributed by atoms with Gasteiger partial charge in [0.05, 0.1) is 18.3 Å². The van der Waals surface area contributed by atoms with E-state index in [-0.39, 0.29) is 17.8 Å². The monoisotopic (exact) mass is 331 g/mol. The van der Waals surface area contributed by atoms with E-state index in [4.69, 9.17) is 4.52 Å². The predicted octanol–water partition coefficient (Wildman–Crippen LogP) is 2.66. The van der Waals surface area contributed by atoms with Gasteiger partial charge in [0.2, 0.25) is 5.91 Å². The van der Waals surface area contributed by atoms with Gasteiger partial charge >= 0.3 is 0 Å². The maximum Gasteiger partial charge on any atom is 0.237 e. The summed E-state index contributed by atoms with van der Waals surface area (Å²) < 4.78 is 18.2. The minimum Gasteiger partial charge on any atom is -0.359 e. The van der Waals surface area contributed by atoms with Crippen LogP contribution in [0.1, 0.15) is 36.8 Å². The lowest BCUT2D eigenvalue weighted by Crippen LogP contribution is -2.42. The number of aryl methyl sites for hydroxylation is 1. The molecule has 0 aliphatic carbocycles. The molecule has 1 aromatic heterocycles. The summed E-state index contributed by atoms with van der Waals surface area (Å²) in [6.07, 6.45) is 2.64. The van der Waals surface area contributed by atoms with Crippen LogP contribution in [0.15, 0.2) is 34.9 Å². The number of aromatic nitrogens is 1. The number of amides is 1. The normalized spacial score (nSPS) is 18.0. The number of hydrogen-bond acceptors (Lipinski definition) is 4. The summed E-state index contributed by atoms with van der Waals surface area (Å²) in [5, 5.41) is 6.85. The lowest BCUT2D eigenvalue weighted by atomic mass is 10.1. The first-order chi connectivity index (χ1) is 11.7. The molecule has 1 saturated heterocycles. The highest BCUT2D eigenvalue weighted by Gasteiger charge is 2.30. The highest BCUT2D eigenvalue weighted by Crippen LogP contribution is 2.20. The average molecular weight is 331 g/mol. The molecule has 3 rings (SSSR count). The van der Waals surface area contributed by atoms with Gasteiger partial charge in [0.25, 0.3) is 0 Å². The van der Waals surface area contributed by atoms with Crippen LogP contribution in [0, 0.1) is 5.82 Å². The third kappa shape index (κ3) is 4.00. The van der Waals surface area contributed by atoms with Crippen LogP contribution < -0.4 is 5.32 Å². The lowest BCUT2D eigenvalue weighted by Gasteiger charge is -2.23. The molecular formula is C18H22FN3O2. The number of carbonyl (C=O) groups is 1. The third-order valence-electron chi connectivity index (χ3n) is 4.37. The van der Waals surface area contributed by atoms with Gasteiger partial charge in [-0.3, -0.25) is 9.69 Å². The quantitative estimate of drug-likeness (QED) is 0.884. The molecular weight excluding hydrogens is 309 g/mol. The molecule has 6 heteroatoms. The van der Waals surface area contributed by atoms with Gasteiger partial charge in [-0.2, -0.15) is 0 Å². The number of nitrogens with one attached hydrogen (secondary N) is 1. The standard InChI is InChI=1S/C18H22FN3O2/c1-2-15-10-16(24-21-15)11-20-18(23)17-4-3-9-22(17)12-13-5-7-14(19)8-6-13/h5-8,10,17H,2-4,9,11-12H2,1H3,(H,20,23)/t17-/m1/s1. The molecule has 2 heterocycles. The minimum atomic E-state index is -0.243. The molecule has 1 amide bonds. The Labute approximate surface area is 140 Å². The van der Waals surface area contributed by atoms with Crippen LogP contribution in [0.2, 0.25) is 0 Å². The second kappa shape index (κ2) is 7.57. The molecule has 0 radical (unpaired) electrons. The van der Waals surface area contributed by atoms with Crippen molar-refractivity contribution in [3.63, 3.8) is 0 Å². The predicted molar refractivity (Wildman–Crippen MR) is 87.6 cm³/mol. The molecule has 0 spiro atoms. The molecule has 0 unspecified atom stereocenters. The Kier molecular flexibility index (Phi) is 5.25. The lowest BCUT2D eigenvalue weighted by molar-refractivity contribution is -0.125. The molecule has 2 aromatic rings. The van der Waals surface area contributed by atoms with Crippen molar-refractivity contribution in [3.05, 3.63) is 53.2 Å². The van der Waals surface area contributed by atoms with E-state index in [1.807, 2.05) is 13.0 Å².